The Bertz CT molecular complexity index is 286. The summed E-state index contributed by atoms with van der Waals surface area (Å²) in [6.07, 6.45) is 2.12. The van der Waals surface area contributed by atoms with Crippen molar-refractivity contribution in [1.82, 2.24) is 5.32 Å². The first-order valence-electron chi connectivity index (χ1n) is 5.00. The quantitative estimate of drug-likeness (QED) is 0.723. The number of rotatable bonds is 3. The molecule has 1 N–H and O–H groups in total. The second kappa shape index (κ2) is 3.24. The van der Waals surface area contributed by atoms with Crippen LogP contribution in [0.1, 0.15) is 19.8 Å². The molecule has 4 heteroatoms. The Morgan fingerprint density at radius 2 is 2.15 bits per heavy atom. The number of sulfone groups is 1. The van der Waals surface area contributed by atoms with Crippen molar-refractivity contribution in [2.75, 3.05) is 18.1 Å². The van der Waals surface area contributed by atoms with E-state index in [2.05, 4.69) is 12.2 Å². The molecule has 2 aliphatic rings. The Morgan fingerprint density at radius 3 is 2.62 bits per heavy atom. The molecule has 76 valence electrons. The zero-order valence-electron chi connectivity index (χ0n) is 7.99. The number of nitrogens with one attached hydrogen (secondary N) is 1. The Labute approximate surface area is 79.8 Å². The van der Waals surface area contributed by atoms with Gasteiger partial charge in [-0.25, -0.2) is 8.42 Å². The summed E-state index contributed by atoms with van der Waals surface area (Å²) in [5, 5.41) is 3.35. The predicted octanol–water partition coefficient (Wildman–Crippen LogP) is 0.419. The van der Waals surface area contributed by atoms with E-state index in [1.807, 2.05) is 0 Å². The highest BCUT2D eigenvalue weighted by atomic mass is 32.2. The molecule has 2 rings (SSSR count). The average Bonchev–Trinajstić information content (AvgIpc) is 2.62. The van der Waals surface area contributed by atoms with E-state index in [1.165, 1.54) is 6.42 Å². The second-order valence-corrected chi connectivity index (χ2v) is 6.71. The van der Waals surface area contributed by atoms with Gasteiger partial charge in [0.1, 0.15) is 0 Å². The summed E-state index contributed by atoms with van der Waals surface area (Å²) in [7, 11) is -2.70. The fourth-order valence-electron chi connectivity index (χ4n) is 1.96. The third-order valence-corrected chi connectivity index (χ3v) is 4.95. The molecule has 1 aliphatic heterocycles. The standard InChI is InChI=1S/C9H17NO2S/c1-7-4-8(7)5-10-9-2-3-13(11,12)6-9/h7-10H,2-6H2,1H3. The molecule has 3 nitrogen and oxygen atoms in total. The van der Waals surface area contributed by atoms with Gasteiger partial charge in [-0.1, -0.05) is 6.92 Å². The van der Waals surface area contributed by atoms with Crippen molar-refractivity contribution in [2.24, 2.45) is 11.8 Å². The zero-order chi connectivity index (χ0) is 9.47. The van der Waals surface area contributed by atoms with Crippen LogP contribution >= 0.6 is 0 Å². The molecule has 0 aromatic heterocycles. The largest absolute Gasteiger partial charge is 0.313 e. The van der Waals surface area contributed by atoms with E-state index in [4.69, 9.17) is 0 Å². The highest BCUT2D eigenvalue weighted by Gasteiger charge is 2.34. The number of hydrogen-bond donors (Lipinski definition) is 1. The minimum absolute atomic E-state index is 0.234. The first-order valence-corrected chi connectivity index (χ1v) is 6.83. The topological polar surface area (TPSA) is 46.2 Å². The van der Waals surface area contributed by atoms with Gasteiger partial charge in [0.05, 0.1) is 11.5 Å². The van der Waals surface area contributed by atoms with Gasteiger partial charge in [-0.2, -0.15) is 0 Å². The molecule has 3 atom stereocenters. The predicted molar refractivity (Wildman–Crippen MR) is 52.3 cm³/mol. The van der Waals surface area contributed by atoms with Crippen molar-refractivity contribution >= 4 is 9.84 Å². The minimum atomic E-state index is -2.70. The summed E-state index contributed by atoms with van der Waals surface area (Å²) in [6, 6.07) is 0.234. The lowest BCUT2D eigenvalue weighted by atomic mass is 10.2. The van der Waals surface area contributed by atoms with Crippen LogP contribution in [0.3, 0.4) is 0 Å². The van der Waals surface area contributed by atoms with Crippen LogP contribution in [0.4, 0.5) is 0 Å². The van der Waals surface area contributed by atoms with Crippen LogP contribution in [0.2, 0.25) is 0 Å². The summed E-state index contributed by atoms with van der Waals surface area (Å²) >= 11 is 0. The second-order valence-electron chi connectivity index (χ2n) is 4.48. The maximum Gasteiger partial charge on any atom is 0.151 e. The van der Waals surface area contributed by atoms with Crippen LogP contribution in [0.25, 0.3) is 0 Å². The van der Waals surface area contributed by atoms with Gasteiger partial charge in [0.25, 0.3) is 0 Å². The van der Waals surface area contributed by atoms with E-state index in [1.54, 1.807) is 0 Å². The molecule has 1 saturated carbocycles. The molecule has 0 amide bonds. The fraction of sp³-hybridized carbons (Fsp3) is 1.00. The third-order valence-electron chi connectivity index (χ3n) is 3.18. The van der Waals surface area contributed by atoms with E-state index in [9.17, 15) is 8.42 Å². The summed E-state index contributed by atoms with van der Waals surface area (Å²) in [4.78, 5) is 0. The number of hydrogen-bond acceptors (Lipinski definition) is 3. The Balaban J connectivity index is 1.72. The van der Waals surface area contributed by atoms with Crippen LogP contribution in [-0.4, -0.2) is 32.5 Å². The van der Waals surface area contributed by atoms with E-state index < -0.39 is 9.84 Å². The molecule has 3 unspecified atom stereocenters. The molecule has 1 saturated heterocycles. The van der Waals surface area contributed by atoms with E-state index in [-0.39, 0.29) is 6.04 Å². The normalized spacial score (nSPS) is 42.1. The van der Waals surface area contributed by atoms with Crippen molar-refractivity contribution < 1.29 is 8.42 Å². The first kappa shape index (κ1) is 9.46. The van der Waals surface area contributed by atoms with E-state index >= 15 is 0 Å². The van der Waals surface area contributed by atoms with Crippen LogP contribution < -0.4 is 5.32 Å². The Hall–Kier alpha value is -0.0900. The molecule has 0 aromatic rings. The van der Waals surface area contributed by atoms with Crippen LogP contribution in [0.5, 0.6) is 0 Å². The molecule has 1 aliphatic carbocycles. The highest BCUT2D eigenvalue weighted by molar-refractivity contribution is 7.91. The van der Waals surface area contributed by atoms with Gasteiger partial charge in [0, 0.05) is 6.04 Å². The Kier molecular flexibility index (Phi) is 2.36. The first-order chi connectivity index (χ1) is 6.07. The minimum Gasteiger partial charge on any atom is -0.313 e. The highest BCUT2D eigenvalue weighted by Crippen LogP contribution is 2.36. The van der Waals surface area contributed by atoms with Gasteiger partial charge < -0.3 is 5.32 Å². The molecular weight excluding hydrogens is 186 g/mol. The molecule has 1 heterocycles. The van der Waals surface area contributed by atoms with Crippen LogP contribution in [0.15, 0.2) is 0 Å². The van der Waals surface area contributed by atoms with Crippen LogP contribution in [0, 0.1) is 11.8 Å². The fourth-order valence-corrected chi connectivity index (χ4v) is 3.67. The molecule has 0 aromatic carbocycles. The van der Waals surface area contributed by atoms with Gasteiger partial charge in [0.2, 0.25) is 0 Å². The van der Waals surface area contributed by atoms with Crippen molar-refractivity contribution in [3.8, 4) is 0 Å². The lowest BCUT2D eigenvalue weighted by Crippen LogP contribution is -2.31. The summed E-state index contributed by atoms with van der Waals surface area (Å²) in [5.74, 6) is 2.40. The average molecular weight is 203 g/mol. The van der Waals surface area contributed by atoms with Crippen molar-refractivity contribution in [1.29, 1.82) is 0 Å². The van der Waals surface area contributed by atoms with Crippen molar-refractivity contribution in [3.05, 3.63) is 0 Å². The molecular formula is C9H17NO2S. The van der Waals surface area contributed by atoms with Crippen molar-refractivity contribution in [2.45, 2.75) is 25.8 Å². The molecule has 0 radical (unpaired) electrons. The zero-order valence-corrected chi connectivity index (χ0v) is 8.81. The van der Waals surface area contributed by atoms with Gasteiger partial charge in [-0.05, 0) is 31.2 Å². The molecule has 2 fully saturated rings. The summed E-state index contributed by atoms with van der Waals surface area (Å²) in [5.41, 5.74) is 0. The van der Waals surface area contributed by atoms with Gasteiger partial charge in [-0.15, -0.1) is 0 Å². The lowest BCUT2D eigenvalue weighted by molar-refractivity contribution is 0.522. The monoisotopic (exact) mass is 203 g/mol. The van der Waals surface area contributed by atoms with Crippen LogP contribution in [-0.2, 0) is 9.84 Å². The van der Waals surface area contributed by atoms with E-state index in [0.717, 1.165) is 24.8 Å². The smallest absolute Gasteiger partial charge is 0.151 e. The van der Waals surface area contributed by atoms with E-state index in [0.29, 0.717) is 11.5 Å². The summed E-state index contributed by atoms with van der Waals surface area (Å²) < 4.78 is 22.3. The SMILES string of the molecule is CC1CC1CNC1CCS(=O)(=O)C1. The summed E-state index contributed by atoms with van der Waals surface area (Å²) in [6.45, 7) is 3.26. The molecule has 0 spiro atoms. The molecule has 13 heavy (non-hydrogen) atoms. The maximum atomic E-state index is 11.1. The van der Waals surface area contributed by atoms with Gasteiger partial charge in [-0.3, -0.25) is 0 Å². The van der Waals surface area contributed by atoms with Crippen molar-refractivity contribution in [3.63, 3.8) is 0 Å². The van der Waals surface area contributed by atoms with Gasteiger partial charge >= 0.3 is 0 Å². The van der Waals surface area contributed by atoms with Gasteiger partial charge in [0.15, 0.2) is 9.84 Å². The lowest BCUT2D eigenvalue weighted by Gasteiger charge is -2.09. The Morgan fingerprint density at radius 1 is 1.46 bits per heavy atom. The molecule has 0 bridgehead atoms. The third kappa shape index (κ3) is 2.44. The maximum absolute atomic E-state index is 11.1.